The Kier molecular flexibility index (Phi) is 5.13. The van der Waals surface area contributed by atoms with Gasteiger partial charge in [-0.3, -0.25) is 4.72 Å². The van der Waals surface area contributed by atoms with Crippen LogP contribution in [0.3, 0.4) is 0 Å². The quantitative estimate of drug-likeness (QED) is 0.638. The summed E-state index contributed by atoms with van der Waals surface area (Å²) < 4.78 is 42.2. The molecule has 0 bridgehead atoms. The van der Waals surface area contributed by atoms with Crippen LogP contribution in [-0.4, -0.2) is 27.9 Å². The second-order valence-electron chi connectivity index (χ2n) is 5.43. The summed E-state index contributed by atoms with van der Waals surface area (Å²) in [5.41, 5.74) is -0.486. The van der Waals surface area contributed by atoms with E-state index < -0.39 is 15.6 Å². The zero-order valence-corrected chi connectivity index (χ0v) is 14.8. The summed E-state index contributed by atoms with van der Waals surface area (Å²) in [7, 11) is -2.22. The maximum Gasteiger partial charge on any atom is 0.360 e. The molecule has 0 atom stereocenters. The lowest BCUT2D eigenvalue weighted by Gasteiger charge is -2.09. The molecule has 1 aromatic heterocycles. The topological polar surface area (TPSA) is 94.8 Å². The van der Waals surface area contributed by atoms with E-state index in [0.29, 0.717) is 22.5 Å². The molecule has 26 heavy (non-hydrogen) atoms. The summed E-state index contributed by atoms with van der Waals surface area (Å²) in [6.07, 6.45) is 0. The molecule has 0 unspecified atom stereocenters. The van der Waals surface area contributed by atoms with Gasteiger partial charge in [0.25, 0.3) is 0 Å². The molecular weight excluding hydrogens is 358 g/mol. The highest BCUT2D eigenvalue weighted by Gasteiger charge is 2.15. The molecule has 0 saturated carbocycles. The zero-order valence-electron chi connectivity index (χ0n) is 14.0. The van der Waals surface area contributed by atoms with Crippen LogP contribution in [0, 0.1) is 0 Å². The average Bonchev–Trinajstić information content (AvgIpc) is 2.62. The Hall–Kier alpha value is -3.00. The third-order valence-electron chi connectivity index (χ3n) is 3.59. The number of para-hydroxylation sites is 1. The lowest BCUT2D eigenvalue weighted by molar-refractivity contribution is 0.340. The first-order valence-electron chi connectivity index (χ1n) is 7.77. The van der Waals surface area contributed by atoms with Crippen LogP contribution in [0.4, 0.5) is 5.69 Å². The molecular formula is C18H17NO6S. The minimum Gasteiger partial charge on any atom is -0.497 e. The van der Waals surface area contributed by atoms with Gasteiger partial charge in [0.05, 0.1) is 7.11 Å². The molecule has 3 rings (SSSR count). The maximum atomic E-state index is 12.2. The number of ether oxygens (including phenoxy) is 2. The number of sulfonamides is 1. The fraction of sp³-hybridized carbons (Fsp3) is 0.167. The molecule has 0 fully saturated rings. The van der Waals surface area contributed by atoms with Gasteiger partial charge in [-0.15, -0.1) is 0 Å². The van der Waals surface area contributed by atoms with Gasteiger partial charge in [-0.05, 0) is 36.4 Å². The van der Waals surface area contributed by atoms with Crippen molar-refractivity contribution in [2.75, 3.05) is 24.2 Å². The Morgan fingerprint density at radius 2 is 1.73 bits per heavy atom. The SMILES string of the molecule is COc1ccc(OCCS(=O)(=O)Nc2cc3ccccc3oc2=O)cc1. The van der Waals surface area contributed by atoms with Crippen LogP contribution < -0.4 is 19.8 Å². The van der Waals surface area contributed by atoms with E-state index in [2.05, 4.69) is 4.72 Å². The van der Waals surface area contributed by atoms with Crippen LogP contribution in [-0.2, 0) is 10.0 Å². The predicted molar refractivity (Wildman–Crippen MR) is 98.4 cm³/mol. The number of hydrogen-bond acceptors (Lipinski definition) is 6. The molecule has 0 aliphatic rings. The van der Waals surface area contributed by atoms with E-state index in [1.165, 1.54) is 6.07 Å². The van der Waals surface area contributed by atoms with Crippen LogP contribution in [0.1, 0.15) is 0 Å². The third kappa shape index (κ3) is 4.34. The molecule has 1 heterocycles. The summed E-state index contributed by atoms with van der Waals surface area (Å²) >= 11 is 0. The van der Waals surface area contributed by atoms with E-state index in [1.54, 1.807) is 55.6 Å². The number of benzene rings is 2. The molecule has 136 valence electrons. The minimum absolute atomic E-state index is 0.0689. The molecule has 8 heteroatoms. The number of hydrogen-bond donors (Lipinski definition) is 1. The summed E-state index contributed by atoms with van der Waals surface area (Å²) in [6, 6.07) is 15.1. The molecule has 1 N–H and O–H groups in total. The zero-order chi connectivity index (χ0) is 18.6. The molecule has 0 radical (unpaired) electrons. The summed E-state index contributed by atoms with van der Waals surface area (Å²) in [5.74, 6) is 0.881. The number of nitrogens with one attached hydrogen (secondary N) is 1. The number of fused-ring (bicyclic) bond motifs is 1. The van der Waals surface area contributed by atoms with E-state index in [4.69, 9.17) is 13.9 Å². The lowest BCUT2D eigenvalue weighted by atomic mass is 10.2. The first-order valence-corrected chi connectivity index (χ1v) is 9.42. The molecule has 2 aromatic carbocycles. The third-order valence-corrected chi connectivity index (χ3v) is 4.82. The molecule has 0 aliphatic heterocycles. The van der Waals surface area contributed by atoms with Crippen molar-refractivity contribution in [2.24, 2.45) is 0 Å². The molecule has 0 saturated heterocycles. The first kappa shape index (κ1) is 17.8. The van der Waals surface area contributed by atoms with Gasteiger partial charge in [-0.25, -0.2) is 13.2 Å². The number of rotatable bonds is 7. The Balaban J connectivity index is 1.65. The largest absolute Gasteiger partial charge is 0.497 e. The fourth-order valence-electron chi connectivity index (χ4n) is 2.29. The van der Waals surface area contributed by atoms with Crippen molar-refractivity contribution < 1.29 is 22.3 Å². The Morgan fingerprint density at radius 1 is 1.04 bits per heavy atom. The van der Waals surface area contributed by atoms with Gasteiger partial charge in [-0.2, -0.15) is 0 Å². The van der Waals surface area contributed by atoms with Crippen LogP contribution in [0.2, 0.25) is 0 Å². The summed E-state index contributed by atoms with van der Waals surface area (Å²) in [4.78, 5) is 11.9. The summed E-state index contributed by atoms with van der Waals surface area (Å²) in [5, 5.41) is 0.624. The predicted octanol–water partition coefficient (Wildman–Crippen LogP) is 2.62. The smallest absolute Gasteiger partial charge is 0.360 e. The minimum atomic E-state index is -3.77. The van der Waals surface area contributed by atoms with Gasteiger partial charge in [0.15, 0.2) is 0 Å². The molecule has 0 aliphatic carbocycles. The van der Waals surface area contributed by atoms with E-state index in [1.807, 2.05) is 0 Å². The Morgan fingerprint density at radius 3 is 2.46 bits per heavy atom. The van der Waals surface area contributed by atoms with Gasteiger partial charge in [0, 0.05) is 5.39 Å². The van der Waals surface area contributed by atoms with Crippen molar-refractivity contribution in [1.82, 2.24) is 0 Å². The van der Waals surface area contributed by atoms with Crippen molar-refractivity contribution in [3.05, 3.63) is 65.0 Å². The van der Waals surface area contributed by atoms with Gasteiger partial charge in [-0.1, -0.05) is 18.2 Å². The highest BCUT2D eigenvalue weighted by molar-refractivity contribution is 7.92. The van der Waals surface area contributed by atoms with Gasteiger partial charge in [0.2, 0.25) is 10.0 Å². The van der Waals surface area contributed by atoms with E-state index in [0.717, 1.165) is 0 Å². The second kappa shape index (κ2) is 7.49. The molecule has 3 aromatic rings. The van der Waals surface area contributed by atoms with Crippen molar-refractivity contribution in [1.29, 1.82) is 0 Å². The highest BCUT2D eigenvalue weighted by Crippen LogP contribution is 2.18. The van der Waals surface area contributed by atoms with E-state index in [9.17, 15) is 13.2 Å². The lowest BCUT2D eigenvalue weighted by Crippen LogP contribution is -2.24. The van der Waals surface area contributed by atoms with Crippen LogP contribution >= 0.6 is 0 Å². The van der Waals surface area contributed by atoms with Gasteiger partial charge in [0.1, 0.15) is 35.1 Å². The summed E-state index contributed by atoms with van der Waals surface area (Å²) in [6.45, 7) is -0.0689. The number of methoxy groups -OCH3 is 1. The van der Waals surface area contributed by atoms with E-state index >= 15 is 0 Å². The first-order chi connectivity index (χ1) is 12.5. The van der Waals surface area contributed by atoms with Crippen LogP contribution in [0.15, 0.2) is 63.8 Å². The number of anilines is 1. The van der Waals surface area contributed by atoms with Gasteiger partial charge >= 0.3 is 5.63 Å². The molecule has 0 amide bonds. The van der Waals surface area contributed by atoms with Crippen molar-refractivity contribution in [3.63, 3.8) is 0 Å². The standard InChI is InChI=1S/C18H17NO6S/c1-23-14-6-8-15(9-7-14)24-10-11-26(21,22)19-16-12-13-4-2-3-5-17(13)25-18(16)20/h2-9,12,19H,10-11H2,1H3. The fourth-order valence-corrected chi connectivity index (χ4v) is 3.17. The van der Waals surface area contributed by atoms with Crippen LogP contribution in [0.5, 0.6) is 11.5 Å². The van der Waals surface area contributed by atoms with Crippen molar-refractivity contribution in [2.45, 2.75) is 0 Å². The second-order valence-corrected chi connectivity index (χ2v) is 7.27. The van der Waals surface area contributed by atoms with E-state index in [-0.39, 0.29) is 18.0 Å². The Bertz CT molecular complexity index is 1060. The average molecular weight is 375 g/mol. The normalized spacial score (nSPS) is 11.3. The molecule has 7 nitrogen and oxygen atoms in total. The van der Waals surface area contributed by atoms with Crippen molar-refractivity contribution >= 4 is 26.7 Å². The Labute approximate surface area is 150 Å². The van der Waals surface area contributed by atoms with Crippen molar-refractivity contribution in [3.8, 4) is 11.5 Å². The van der Waals surface area contributed by atoms with Gasteiger partial charge < -0.3 is 13.9 Å². The highest BCUT2D eigenvalue weighted by atomic mass is 32.2. The van der Waals surface area contributed by atoms with Crippen LogP contribution in [0.25, 0.3) is 11.0 Å². The molecule has 0 spiro atoms. The monoisotopic (exact) mass is 375 g/mol. The maximum absolute atomic E-state index is 12.2.